The molecular formula is C20H28N4O4S. The predicted octanol–water partition coefficient (Wildman–Crippen LogP) is 3.53. The zero-order valence-electron chi connectivity index (χ0n) is 17.6. The van der Waals surface area contributed by atoms with Crippen molar-refractivity contribution in [3.05, 3.63) is 31.3 Å². The summed E-state index contributed by atoms with van der Waals surface area (Å²) in [6.45, 7) is 9.80. The molecular weight excluding hydrogens is 392 g/mol. The number of nitrogens with zero attached hydrogens (tertiary/aromatic N) is 3. The molecule has 2 aromatic heterocycles. The summed E-state index contributed by atoms with van der Waals surface area (Å²) >= 11 is 1.34. The molecule has 2 heterocycles. The van der Waals surface area contributed by atoms with Gasteiger partial charge in [-0.05, 0) is 52.5 Å². The predicted molar refractivity (Wildman–Crippen MR) is 115 cm³/mol. The van der Waals surface area contributed by atoms with Gasteiger partial charge in [0.1, 0.15) is 10.4 Å². The van der Waals surface area contributed by atoms with E-state index in [-0.39, 0.29) is 17.3 Å². The van der Waals surface area contributed by atoms with Crippen LogP contribution in [0, 0.1) is 6.92 Å². The van der Waals surface area contributed by atoms with Crippen molar-refractivity contribution in [2.24, 2.45) is 5.10 Å². The maximum absolute atomic E-state index is 13.1. The van der Waals surface area contributed by atoms with E-state index in [1.807, 2.05) is 6.92 Å². The molecule has 29 heavy (non-hydrogen) atoms. The van der Waals surface area contributed by atoms with E-state index in [4.69, 9.17) is 4.74 Å². The van der Waals surface area contributed by atoms with Crippen LogP contribution in [0.4, 0.5) is 4.79 Å². The topological polar surface area (TPSA) is 94.7 Å². The maximum Gasteiger partial charge on any atom is 0.428 e. The highest BCUT2D eigenvalue weighted by Gasteiger charge is 2.30. The summed E-state index contributed by atoms with van der Waals surface area (Å²) in [6, 6.07) is 0.0116. The van der Waals surface area contributed by atoms with Crippen LogP contribution < -0.4 is 16.7 Å². The van der Waals surface area contributed by atoms with E-state index < -0.39 is 11.7 Å². The number of amides is 1. The van der Waals surface area contributed by atoms with Gasteiger partial charge in [0.25, 0.3) is 5.56 Å². The van der Waals surface area contributed by atoms with Crippen molar-refractivity contribution in [1.29, 1.82) is 0 Å². The molecule has 0 unspecified atom stereocenters. The Labute approximate surface area is 173 Å². The Bertz CT molecular complexity index is 1070. The molecule has 0 spiro atoms. The molecule has 1 N–H and O–H groups in total. The zero-order chi connectivity index (χ0) is 21.3. The van der Waals surface area contributed by atoms with Gasteiger partial charge in [-0.3, -0.25) is 13.9 Å². The number of ether oxygens (including phenoxy) is 1. The first-order valence-corrected chi connectivity index (χ1v) is 10.8. The number of carbonyl (C=O) groups excluding carboxylic acids is 1. The molecule has 0 saturated heterocycles. The fourth-order valence-electron chi connectivity index (χ4n) is 3.12. The number of unbranched alkanes of at least 4 members (excludes halogenated alkanes) is 1. The van der Waals surface area contributed by atoms with E-state index in [1.165, 1.54) is 22.1 Å². The van der Waals surface area contributed by atoms with Crippen molar-refractivity contribution in [1.82, 2.24) is 14.6 Å². The molecule has 9 heteroatoms. The monoisotopic (exact) mass is 420 g/mol. The molecule has 0 bridgehead atoms. The Morgan fingerprint density at radius 2 is 2.03 bits per heavy atom. The van der Waals surface area contributed by atoms with E-state index in [1.54, 1.807) is 25.3 Å². The van der Waals surface area contributed by atoms with Crippen LogP contribution in [0.3, 0.4) is 0 Å². The Morgan fingerprint density at radius 3 is 2.62 bits per heavy atom. The summed E-state index contributed by atoms with van der Waals surface area (Å²) in [6.07, 6.45) is 4.40. The van der Waals surface area contributed by atoms with Crippen LogP contribution in [0.25, 0.3) is 10.2 Å². The lowest BCUT2D eigenvalue weighted by atomic mass is 10.2. The SMILES string of the molecule is CCCCn1c(=O)n(C2CC2)c(=O)c2c(C)c(/C=N/NC(=O)OC(C)(C)C)sc21. The first kappa shape index (κ1) is 21.3. The van der Waals surface area contributed by atoms with Gasteiger partial charge in [-0.1, -0.05) is 13.3 Å². The van der Waals surface area contributed by atoms with Gasteiger partial charge < -0.3 is 4.74 Å². The van der Waals surface area contributed by atoms with Crippen molar-refractivity contribution < 1.29 is 9.53 Å². The van der Waals surface area contributed by atoms with Gasteiger partial charge in [0.15, 0.2) is 0 Å². The van der Waals surface area contributed by atoms with Crippen molar-refractivity contribution in [2.75, 3.05) is 0 Å². The van der Waals surface area contributed by atoms with Gasteiger partial charge in [0.05, 0.1) is 16.5 Å². The number of thiophene rings is 1. The van der Waals surface area contributed by atoms with E-state index >= 15 is 0 Å². The average molecular weight is 421 g/mol. The Morgan fingerprint density at radius 1 is 1.34 bits per heavy atom. The number of rotatable bonds is 6. The van der Waals surface area contributed by atoms with Crippen LogP contribution in [0.1, 0.15) is 69.9 Å². The van der Waals surface area contributed by atoms with Gasteiger partial charge in [0.2, 0.25) is 0 Å². The number of hydrazone groups is 1. The normalized spacial score (nSPS) is 14.7. The van der Waals surface area contributed by atoms with Crippen LogP contribution in [-0.4, -0.2) is 27.0 Å². The smallest absolute Gasteiger partial charge is 0.428 e. The molecule has 8 nitrogen and oxygen atoms in total. The Balaban J connectivity index is 2.00. The second-order valence-corrected chi connectivity index (χ2v) is 9.37. The number of nitrogens with one attached hydrogen (secondary N) is 1. The average Bonchev–Trinajstić information content (AvgIpc) is 3.38. The molecule has 0 aliphatic heterocycles. The lowest BCUT2D eigenvalue weighted by Gasteiger charge is -2.18. The van der Waals surface area contributed by atoms with E-state index in [0.717, 1.165) is 36.1 Å². The third-order valence-electron chi connectivity index (χ3n) is 4.66. The van der Waals surface area contributed by atoms with Crippen LogP contribution in [0.5, 0.6) is 0 Å². The van der Waals surface area contributed by atoms with Crippen LogP contribution >= 0.6 is 11.3 Å². The lowest BCUT2D eigenvalue weighted by Crippen LogP contribution is -2.39. The number of hydrogen-bond acceptors (Lipinski definition) is 6. The molecule has 1 aliphatic rings. The third kappa shape index (κ3) is 4.60. The van der Waals surface area contributed by atoms with Gasteiger partial charge in [-0.2, -0.15) is 5.10 Å². The number of aromatic nitrogens is 2. The molecule has 2 aromatic rings. The molecule has 1 fully saturated rings. The summed E-state index contributed by atoms with van der Waals surface area (Å²) in [5.41, 5.74) is 2.04. The van der Waals surface area contributed by atoms with Crippen molar-refractivity contribution in [3.63, 3.8) is 0 Å². The molecule has 1 saturated carbocycles. The minimum absolute atomic E-state index is 0.0116. The molecule has 3 rings (SSSR count). The van der Waals surface area contributed by atoms with E-state index in [2.05, 4.69) is 17.5 Å². The summed E-state index contributed by atoms with van der Waals surface area (Å²) in [7, 11) is 0. The number of fused-ring (bicyclic) bond motifs is 1. The summed E-state index contributed by atoms with van der Waals surface area (Å²) in [4.78, 5) is 39.2. The molecule has 1 aliphatic carbocycles. The van der Waals surface area contributed by atoms with Gasteiger partial charge in [-0.15, -0.1) is 11.3 Å². The highest BCUT2D eigenvalue weighted by Crippen LogP contribution is 2.34. The van der Waals surface area contributed by atoms with Gasteiger partial charge in [-0.25, -0.2) is 15.0 Å². The highest BCUT2D eigenvalue weighted by atomic mass is 32.1. The number of carbonyl (C=O) groups is 1. The second-order valence-electron chi connectivity index (χ2n) is 8.34. The van der Waals surface area contributed by atoms with E-state index in [9.17, 15) is 14.4 Å². The van der Waals surface area contributed by atoms with Crippen molar-refractivity contribution >= 4 is 33.9 Å². The summed E-state index contributed by atoms with van der Waals surface area (Å²) in [5, 5.41) is 4.53. The maximum atomic E-state index is 13.1. The lowest BCUT2D eigenvalue weighted by molar-refractivity contribution is 0.0529. The molecule has 158 valence electrons. The van der Waals surface area contributed by atoms with Gasteiger partial charge >= 0.3 is 11.8 Å². The molecule has 0 atom stereocenters. The van der Waals surface area contributed by atoms with Crippen LogP contribution in [0.15, 0.2) is 14.7 Å². The molecule has 0 radical (unpaired) electrons. The second kappa shape index (κ2) is 8.14. The van der Waals surface area contributed by atoms with Crippen molar-refractivity contribution in [2.45, 2.75) is 78.5 Å². The summed E-state index contributed by atoms with van der Waals surface area (Å²) in [5.74, 6) is 0. The van der Waals surface area contributed by atoms with Gasteiger partial charge in [0, 0.05) is 12.6 Å². The Hall–Kier alpha value is -2.42. The van der Waals surface area contributed by atoms with Crippen molar-refractivity contribution in [3.8, 4) is 0 Å². The minimum Gasteiger partial charge on any atom is -0.443 e. The standard InChI is InChI=1S/C20H28N4O4S/c1-6-7-10-23-17-15(16(25)24(19(23)27)13-8-9-13)12(2)14(29-17)11-21-22-18(26)28-20(3,4)5/h11,13H,6-10H2,1-5H3,(H,22,26)/b21-11+. The summed E-state index contributed by atoms with van der Waals surface area (Å²) < 4.78 is 8.28. The fraction of sp³-hybridized carbons (Fsp3) is 0.600. The molecule has 0 aromatic carbocycles. The minimum atomic E-state index is -0.650. The third-order valence-corrected chi connectivity index (χ3v) is 5.91. The van der Waals surface area contributed by atoms with E-state index in [0.29, 0.717) is 16.8 Å². The number of hydrogen-bond donors (Lipinski definition) is 1. The Kier molecular flexibility index (Phi) is 5.97. The highest BCUT2D eigenvalue weighted by molar-refractivity contribution is 7.20. The first-order chi connectivity index (χ1) is 13.6. The first-order valence-electron chi connectivity index (χ1n) is 9.94. The number of aryl methyl sites for hydroxylation is 2. The largest absolute Gasteiger partial charge is 0.443 e. The quantitative estimate of drug-likeness (QED) is 0.571. The van der Waals surface area contributed by atoms with Crippen LogP contribution in [0.2, 0.25) is 0 Å². The zero-order valence-corrected chi connectivity index (χ0v) is 18.4. The molecule has 1 amide bonds. The fourth-order valence-corrected chi connectivity index (χ4v) is 4.31. The van der Waals surface area contributed by atoms with Crippen LogP contribution in [-0.2, 0) is 11.3 Å².